The Kier molecular flexibility index (Phi) is 5.48. The lowest BCUT2D eigenvalue weighted by atomic mass is 10.1. The molecule has 2 aromatic carbocycles. The van der Waals surface area contributed by atoms with Gasteiger partial charge < -0.3 is 10.1 Å². The highest BCUT2D eigenvalue weighted by Crippen LogP contribution is 2.22. The van der Waals surface area contributed by atoms with Crippen molar-refractivity contribution in [1.29, 1.82) is 0 Å². The molecule has 7 nitrogen and oxygen atoms in total. The number of thiophene rings is 1. The van der Waals surface area contributed by atoms with Gasteiger partial charge in [0, 0.05) is 5.69 Å². The molecule has 0 saturated heterocycles. The summed E-state index contributed by atoms with van der Waals surface area (Å²) in [5.41, 5.74) is 2.43. The number of hydrogen-bond acceptors (Lipinski definition) is 5. The number of nitrogens with zero attached hydrogens (tertiary/aromatic N) is 2. The monoisotopic (exact) mass is 435 g/mol. The number of hydrogen-bond donors (Lipinski definition) is 1. The molecule has 0 aliphatic carbocycles. The largest absolute Gasteiger partial charge is 0.495 e. The van der Waals surface area contributed by atoms with Gasteiger partial charge in [0.25, 0.3) is 5.56 Å². The highest BCUT2D eigenvalue weighted by Gasteiger charge is 2.19. The Bertz CT molecular complexity index is 1410. The van der Waals surface area contributed by atoms with Gasteiger partial charge in [-0.15, -0.1) is 11.3 Å². The average molecular weight is 436 g/mol. The fraction of sp³-hybridized carbons (Fsp3) is 0.174. The van der Waals surface area contributed by atoms with Crippen LogP contribution in [-0.4, -0.2) is 22.2 Å². The van der Waals surface area contributed by atoms with Crippen LogP contribution in [-0.2, 0) is 11.3 Å². The number of para-hydroxylation sites is 2. The predicted octanol–water partition coefficient (Wildman–Crippen LogP) is 3.48. The summed E-state index contributed by atoms with van der Waals surface area (Å²) in [6.45, 7) is 3.66. The number of rotatable bonds is 5. The predicted molar refractivity (Wildman–Crippen MR) is 123 cm³/mol. The number of anilines is 1. The van der Waals surface area contributed by atoms with Crippen molar-refractivity contribution in [3.05, 3.63) is 85.9 Å². The Morgan fingerprint density at radius 3 is 2.61 bits per heavy atom. The summed E-state index contributed by atoms with van der Waals surface area (Å²) in [6.07, 6.45) is 0. The minimum atomic E-state index is -0.601. The molecule has 0 aliphatic rings. The summed E-state index contributed by atoms with van der Waals surface area (Å²) in [4.78, 5) is 39.3. The molecule has 8 heteroatoms. The van der Waals surface area contributed by atoms with E-state index < -0.39 is 11.2 Å². The van der Waals surface area contributed by atoms with Crippen molar-refractivity contribution >= 4 is 33.1 Å². The van der Waals surface area contributed by atoms with Crippen molar-refractivity contribution in [2.24, 2.45) is 0 Å². The van der Waals surface area contributed by atoms with Crippen molar-refractivity contribution in [3.8, 4) is 11.4 Å². The van der Waals surface area contributed by atoms with Crippen LogP contribution in [0.1, 0.15) is 11.1 Å². The molecular formula is C23H21N3O4S. The lowest BCUT2D eigenvalue weighted by Crippen LogP contribution is -2.40. The van der Waals surface area contributed by atoms with E-state index in [4.69, 9.17) is 4.74 Å². The van der Waals surface area contributed by atoms with E-state index in [1.54, 1.807) is 35.7 Å². The number of benzene rings is 2. The first-order valence-corrected chi connectivity index (χ1v) is 10.5. The Morgan fingerprint density at radius 1 is 1.10 bits per heavy atom. The standard InChI is InChI=1S/C23H21N3O4S/c1-14-8-9-16(15(2)12-14)24-20(27)13-25-18-10-11-31-21(18)22(28)26(23(25)29)17-6-4-5-7-19(17)30-3/h4-12H,13H2,1-3H3,(H,24,27). The normalized spacial score (nSPS) is 10.9. The van der Waals surface area contributed by atoms with Crippen molar-refractivity contribution < 1.29 is 9.53 Å². The zero-order valence-corrected chi connectivity index (χ0v) is 18.2. The highest BCUT2D eigenvalue weighted by atomic mass is 32.1. The van der Waals surface area contributed by atoms with Gasteiger partial charge >= 0.3 is 5.69 Å². The first-order valence-electron chi connectivity index (χ1n) is 9.64. The maximum absolute atomic E-state index is 13.4. The molecule has 0 aliphatic heterocycles. The third-order valence-corrected chi connectivity index (χ3v) is 5.93. The number of nitrogens with one attached hydrogen (secondary N) is 1. The van der Waals surface area contributed by atoms with Crippen LogP contribution >= 0.6 is 11.3 Å². The van der Waals surface area contributed by atoms with Crippen LogP contribution in [0.5, 0.6) is 5.75 Å². The molecule has 4 rings (SSSR count). The second-order valence-corrected chi connectivity index (χ2v) is 8.10. The van der Waals surface area contributed by atoms with E-state index in [9.17, 15) is 14.4 Å². The Labute approximate surface area is 182 Å². The summed E-state index contributed by atoms with van der Waals surface area (Å²) in [6, 6.07) is 14.2. The Morgan fingerprint density at radius 2 is 1.87 bits per heavy atom. The van der Waals surface area contributed by atoms with Crippen LogP contribution in [0.3, 0.4) is 0 Å². The number of carbonyl (C=O) groups is 1. The van der Waals surface area contributed by atoms with Crippen molar-refractivity contribution in [3.63, 3.8) is 0 Å². The van der Waals surface area contributed by atoms with Crippen LogP contribution in [0.25, 0.3) is 15.9 Å². The van der Waals surface area contributed by atoms with E-state index in [1.165, 1.54) is 23.0 Å². The summed E-state index contributed by atoms with van der Waals surface area (Å²) in [7, 11) is 1.48. The van der Waals surface area contributed by atoms with Gasteiger partial charge in [-0.3, -0.25) is 14.2 Å². The molecular weight excluding hydrogens is 414 g/mol. The van der Waals surface area contributed by atoms with Gasteiger partial charge in [-0.1, -0.05) is 29.8 Å². The zero-order chi connectivity index (χ0) is 22.1. The third-order valence-electron chi connectivity index (χ3n) is 5.04. The van der Waals surface area contributed by atoms with Crippen molar-refractivity contribution in [2.45, 2.75) is 20.4 Å². The summed E-state index contributed by atoms with van der Waals surface area (Å²) >= 11 is 1.23. The molecule has 1 amide bonds. The molecule has 31 heavy (non-hydrogen) atoms. The minimum absolute atomic E-state index is 0.227. The van der Waals surface area contributed by atoms with E-state index in [0.717, 1.165) is 15.7 Å². The lowest BCUT2D eigenvalue weighted by molar-refractivity contribution is -0.116. The first kappa shape index (κ1) is 20.6. The first-order chi connectivity index (χ1) is 14.9. The number of amides is 1. The molecule has 4 aromatic rings. The van der Waals surface area contributed by atoms with Gasteiger partial charge in [0.15, 0.2) is 0 Å². The molecule has 0 spiro atoms. The Balaban J connectivity index is 1.81. The van der Waals surface area contributed by atoms with Gasteiger partial charge in [-0.25, -0.2) is 9.36 Å². The summed E-state index contributed by atoms with van der Waals surface area (Å²) < 4.78 is 8.11. The maximum Gasteiger partial charge on any atom is 0.336 e. The second-order valence-electron chi connectivity index (χ2n) is 7.18. The Hall–Kier alpha value is -3.65. The zero-order valence-electron chi connectivity index (χ0n) is 17.3. The summed E-state index contributed by atoms with van der Waals surface area (Å²) in [5, 5.41) is 4.59. The van der Waals surface area contributed by atoms with Crippen molar-refractivity contribution in [1.82, 2.24) is 9.13 Å². The number of methoxy groups -OCH3 is 1. The van der Waals surface area contributed by atoms with Crippen LogP contribution < -0.4 is 21.3 Å². The average Bonchev–Trinajstić information content (AvgIpc) is 3.24. The fourth-order valence-electron chi connectivity index (χ4n) is 3.55. The molecule has 0 fully saturated rings. The number of carbonyl (C=O) groups excluding carboxylic acids is 1. The number of ether oxygens (including phenoxy) is 1. The van der Waals surface area contributed by atoms with Gasteiger partial charge in [-0.2, -0.15) is 0 Å². The fourth-order valence-corrected chi connectivity index (χ4v) is 4.38. The molecule has 2 heterocycles. The highest BCUT2D eigenvalue weighted by molar-refractivity contribution is 7.17. The van der Waals surface area contributed by atoms with Crippen molar-refractivity contribution in [2.75, 3.05) is 12.4 Å². The van der Waals surface area contributed by atoms with E-state index in [0.29, 0.717) is 27.3 Å². The third kappa shape index (κ3) is 3.77. The second kappa shape index (κ2) is 8.23. The minimum Gasteiger partial charge on any atom is -0.495 e. The quantitative estimate of drug-likeness (QED) is 0.520. The molecule has 1 N–H and O–H groups in total. The van der Waals surface area contributed by atoms with Gasteiger partial charge in [0.05, 0.1) is 18.3 Å². The summed E-state index contributed by atoms with van der Waals surface area (Å²) in [5.74, 6) is 0.0377. The van der Waals surface area contributed by atoms with Crippen LogP contribution in [0, 0.1) is 13.8 Å². The number of fused-ring (bicyclic) bond motifs is 1. The van der Waals surface area contributed by atoms with Gasteiger partial charge in [0.1, 0.15) is 17.0 Å². The van der Waals surface area contributed by atoms with E-state index in [1.807, 2.05) is 32.0 Å². The molecule has 0 radical (unpaired) electrons. The smallest absolute Gasteiger partial charge is 0.336 e. The number of aryl methyl sites for hydroxylation is 2. The topological polar surface area (TPSA) is 82.3 Å². The van der Waals surface area contributed by atoms with E-state index >= 15 is 0 Å². The molecule has 0 unspecified atom stereocenters. The molecule has 0 bridgehead atoms. The van der Waals surface area contributed by atoms with Gasteiger partial charge in [0.2, 0.25) is 5.91 Å². The van der Waals surface area contributed by atoms with E-state index in [-0.39, 0.29) is 12.5 Å². The molecule has 0 atom stereocenters. The lowest BCUT2D eigenvalue weighted by Gasteiger charge is -2.15. The SMILES string of the molecule is COc1ccccc1-n1c(=O)c2sccc2n(CC(=O)Nc2ccc(C)cc2C)c1=O. The van der Waals surface area contributed by atoms with Crippen LogP contribution in [0.2, 0.25) is 0 Å². The molecule has 0 saturated carbocycles. The maximum atomic E-state index is 13.4. The molecule has 2 aromatic heterocycles. The van der Waals surface area contributed by atoms with E-state index in [2.05, 4.69) is 5.32 Å². The van der Waals surface area contributed by atoms with Crippen LogP contribution in [0.15, 0.2) is 63.5 Å². The van der Waals surface area contributed by atoms with Gasteiger partial charge in [-0.05, 0) is 49.1 Å². The van der Waals surface area contributed by atoms with Crippen LogP contribution in [0.4, 0.5) is 5.69 Å². The number of aromatic nitrogens is 2. The molecule has 158 valence electrons.